The number of aliphatic hydroxyl groups is 2. The number of nitrogens with one attached hydrogen (secondary N) is 5. The van der Waals surface area contributed by atoms with Gasteiger partial charge in [0.15, 0.2) is 0 Å². The Bertz CT molecular complexity index is 1540. The molecule has 0 aromatic heterocycles. The van der Waals surface area contributed by atoms with Crippen LogP contribution in [0, 0.1) is 17.8 Å². The highest BCUT2D eigenvalue weighted by Gasteiger charge is 2.34. The average molecular weight is 918 g/mol. The average Bonchev–Trinajstić information content (AvgIpc) is 3.85. The molecule has 66 heavy (non-hydrogen) atoms. The van der Waals surface area contributed by atoms with Gasteiger partial charge in [0, 0.05) is 42.4 Å². The highest BCUT2D eigenvalue weighted by molar-refractivity contribution is 5.72. The van der Waals surface area contributed by atoms with Crippen LogP contribution in [-0.2, 0) is 0 Å². The lowest BCUT2D eigenvalue weighted by molar-refractivity contribution is 0.0864. The van der Waals surface area contributed by atoms with Crippen molar-refractivity contribution in [2.45, 2.75) is 140 Å². The van der Waals surface area contributed by atoms with Crippen molar-refractivity contribution in [3.8, 4) is 11.1 Å². The summed E-state index contributed by atoms with van der Waals surface area (Å²) in [5.74, 6) is 1.24. The Labute approximate surface area is 408 Å². The molecule has 0 spiro atoms. The number of likely N-dealkylation sites (N-methyl/N-ethyl adjacent to an activating group) is 1. The molecule has 0 bridgehead atoms. The van der Waals surface area contributed by atoms with Crippen molar-refractivity contribution in [3.05, 3.63) is 135 Å². The van der Waals surface area contributed by atoms with E-state index in [4.69, 9.17) is 5.11 Å². The van der Waals surface area contributed by atoms with Gasteiger partial charge in [-0.3, -0.25) is 4.99 Å². The predicted octanol–water partition coefficient (Wildman–Crippen LogP) is 13.2. The molecule has 9 heteroatoms. The quantitative estimate of drug-likeness (QED) is 0.0399. The van der Waals surface area contributed by atoms with Crippen LogP contribution < -0.4 is 26.6 Å². The Morgan fingerprint density at radius 1 is 0.818 bits per heavy atom. The summed E-state index contributed by atoms with van der Waals surface area (Å²) >= 11 is 0. The first kappa shape index (κ1) is 70.3. The Kier molecular flexibility index (Phi) is 49.9. The van der Waals surface area contributed by atoms with Crippen LogP contribution >= 0.6 is 0 Å². The normalized spacial score (nSPS) is 14.3. The van der Waals surface area contributed by atoms with Crippen LogP contribution in [0.3, 0.4) is 0 Å². The van der Waals surface area contributed by atoms with Gasteiger partial charge in [0.05, 0.1) is 30.1 Å². The number of hydrogen-bond donors (Lipinski definition) is 7. The largest absolute Gasteiger partial charge is 0.516 e. The van der Waals surface area contributed by atoms with E-state index in [1.54, 1.807) is 6.08 Å². The molecule has 2 aromatic rings. The zero-order valence-electron chi connectivity index (χ0n) is 45.5. The molecular formula is C57H103N7O2. The Hall–Kier alpha value is -4.67. The molecule has 4 unspecified atom stereocenters. The smallest absolute Gasteiger partial charge is 0.0771 e. The molecule has 0 aliphatic carbocycles. The summed E-state index contributed by atoms with van der Waals surface area (Å²) in [6.07, 6.45) is 9.09. The van der Waals surface area contributed by atoms with Gasteiger partial charge >= 0.3 is 0 Å². The van der Waals surface area contributed by atoms with E-state index in [1.807, 2.05) is 96.6 Å². The zero-order valence-corrected chi connectivity index (χ0v) is 45.5. The van der Waals surface area contributed by atoms with Gasteiger partial charge < -0.3 is 41.7 Å². The standard InChI is InChI=1S/C41H62N6O.C3H9N.C3H6.C2H4O.3C2H6.C2H4/c1-12-36(46-30(7)39-14-13-23-47(39)31(8)40(44-11)41(48)28(4)5)34-19-15-32(16-20-34)33-17-21-35(22-18-33)38(26-42-9)45-25-29(6)37(43-10)24-27(2)3;1-3-4-2;1-3-2;1-2-3;4*1-2/h12,15-22,26-29,37,39-41,43-46,48H,7-9,13-14,23-25H2,1-6,10-11H3;4H,3H2,1-2H3;3H,1H2,2H3;2-3H,1H2;3*1-2H3;1-2H2/b36-12-,38-26-;;;;;;;/t29-,37?,39?,40?,41?;;;;;;;/m0......./s1. The second kappa shape index (κ2) is 46.8. The van der Waals surface area contributed by atoms with Gasteiger partial charge in [-0.2, -0.15) is 0 Å². The second-order valence-corrected chi connectivity index (χ2v) is 15.3. The number of aliphatic hydroxyl groups excluding tert-OH is 2. The third-order valence-electron chi connectivity index (χ3n) is 10.00. The minimum Gasteiger partial charge on any atom is -0.516 e. The number of allylic oxidation sites excluding steroid dienone is 2. The zero-order chi connectivity index (χ0) is 52.2. The second-order valence-electron chi connectivity index (χ2n) is 15.3. The SMILES string of the molecule is C=C.C=CC.C=CO.C=N/C=C(\NC[C@H](C)C(CC(C)C)NC)c1ccc(-c2ccc(/C(=C/C)NC(=C)C3CCCN3C(=C)C(NC)C(O)C(C)C)cc2)cc1.CC.CC.CC.CCNC. The monoisotopic (exact) mass is 918 g/mol. The minimum absolute atomic E-state index is 0.109. The molecule has 2 aromatic carbocycles. The molecule has 3 rings (SSSR count). The van der Waals surface area contributed by atoms with Gasteiger partial charge in [-0.05, 0) is 108 Å². The third-order valence-corrected chi connectivity index (χ3v) is 10.00. The van der Waals surface area contributed by atoms with E-state index >= 15 is 0 Å². The molecule has 0 amide bonds. The third kappa shape index (κ3) is 28.4. The van der Waals surface area contributed by atoms with Gasteiger partial charge in [0.1, 0.15) is 0 Å². The first-order chi connectivity index (χ1) is 31.7. The Balaban J connectivity index is -0.000000600. The number of likely N-dealkylation sites (tertiary alicyclic amines) is 1. The Morgan fingerprint density at radius 2 is 1.26 bits per heavy atom. The van der Waals surface area contributed by atoms with E-state index < -0.39 is 6.10 Å². The lowest BCUT2D eigenvalue weighted by Gasteiger charge is -2.37. The number of nitrogens with zero attached hydrogens (tertiary/aromatic N) is 2. The highest BCUT2D eigenvalue weighted by Crippen LogP contribution is 2.30. The van der Waals surface area contributed by atoms with Crippen LogP contribution in [0.5, 0.6) is 0 Å². The lowest BCUT2D eigenvalue weighted by atomic mass is 9.93. The molecule has 1 aliphatic rings. The van der Waals surface area contributed by atoms with Crippen LogP contribution in [-0.4, -0.2) is 86.8 Å². The van der Waals surface area contributed by atoms with E-state index in [0.717, 1.165) is 90.2 Å². The fourth-order valence-corrected chi connectivity index (χ4v) is 6.69. The number of rotatable bonds is 20. The van der Waals surface area contributed by atoms with Crippen molar-refractivity contribution < 1.29 is 10.2 Å². The van der Waals surface area contributed by atoms with Crippen LogP contribution in [0.1, 0.15) is 127 Å². The van der Waals surface area contributed by atoms with E-state index in [0.29, 0.717) is 17.9 Å². The molecule has 378 valence electrons. The van der Waals surface area contributed by atoms with E-state index in [1.165, 1.54) is 0 Å². The van der Waals surface area contributed by atoms with Gasteiger partial charge in [-0.25, -0.2) is 0 Å². The molecule has 1 fully saturated rings. The topological polar surface area (TPSA) is 116 Å². The van der Waals surface area contributed by atoms with Crippen LogP contribution in [0.4, 0.5) is 0 Å². The van der Waals surface area contributed by atoms with E-state index in [9.17, 15) is 5.11 Å². The molecule has 0 radical (unpaired) electrons. The van der Waals surface area contributed by atoms with Gasteiger partial charge in [0.25, 0.3) is 0 Å². The molecule has 1 saturated heterocycles. The van der Waals surface area contributed by atoms with Crippen molar-refractivity contribution >= 4 is 18.1 Å². The molecule has 9 nitrogen and oxygen atoms in total. The summed E-state index contributed by atoms with van der Waals surface area (Å²) in [4.78, 5) is 6.38. The van der Waals surface area contributed by atoms with Crippen LogP contribution in [0.2, 0.25) is 0 Å². The molecule has 1 heterocycles. The van der Waals surface area contributed by atoms with Gasteiger partial charge in [0.2, 0.25) is 0 Å². The molecule has 0 saturated carbocycles. The summed E-state index contributed by atoms with van der Waals surface area (Å²) in [5, 5.41) is 35.1. The highest BCUT2D eigenvalue weighted by atomic mass is 16.3. The maximum atomic E-state index is 10.8. The first-order valence-corrected chi connectivity index (χ1v) is 24.4. The molecule has 7 N–H and O–H groups in total. The van der Waals surface area contributed by atoms with Crippen molar-refractivity contribution in [1.82, 2.24) is 31.5 Å². The number of benzene rings is 2. The fraction of sp³-hybridized carbons (Fsp3) is 0.526. The van der Waals surface area contributed by atoms with Crippen molar-refractivity contribution in [2.75, 3.05) is 40.8 Å². The van der Waals surface area contributed by atoms with Gasteiger partial charge in [-0.1, -0.05) is 164 Å². The van der Waals surface area contributed by atoms with Crippen molar-refractivity contribution in [1.29, 1.82) is 0 Å². The van der Waals surface area contributed by atoms with Crippen LogP contribution in [0.25, 0.3) is 22.5 Å². The summed E-state index contributed by atoms with van der Waals surface area (Å²) in [5.41, 5.74) is 8.35. The number of aliphatic imine (C=N–C) groups is 1. The molecular weight excluding hydrogens is 815 g/mol. The molecule has 5 atom stereocenters. The van der Waals surface area contributed by atoms with E-state index in [-0.39, 0.29) is 18.0 Å². The predicted molar refractivity (Wildman–Crippen MR) is 301 cm³/mol. The summed E-state index contributed by atoms with van der Waals surface area (Å²) in [7, 11) is 5.87. The van der Waals surface area contributed by atoms with Crippen LogP contribution in [0.15, 0.2) is 129 Å². The number of hydrogen-bond acceptors (Lipinski definition) is 9. The minimum atomic E-state index is -0.509. The van der Waals surface area contributed by atoms with E-state index in [2.05, 4.69) is 165 Å². The fourth-order valence-electron chi connectivity index (χ4n) is 6.69. The maximum absolute atomic E-state index is 10.8. The summed E-state index contributed by atoms with van der Waals surface area (Å²) in [6.45, 7) is 56.5. The molecule has 1 aliphatic heterocycles. The summed E-state index contributed by atoms with van der Waals surface area (Å²) < 4.78 is 0. The lowest BCUT2D eigenvalue weighted by Crippen LogP contribution is -2.48. The van der Waals surface area contributed by atoms with Crippen molar-refractivity contribution in [2.24, 2.45) is 22.7 Å². The van der Waals surface area contributed by atoms with Crippen molar-refractivity contribution in [3.63, 3.8) is 0 Å². The first-order valence-electron chi connectivity index (χ1n) is 24.4. The summed E-state index contributed by atoms with van der Waals surface area (Å²) in [6, 6.07) is 17.6. The van der Waals surface area contributed by atoms with Gasteiger partial charge in [-0.15, -0.1) is 19.7 Å². The Morgan fingerprint density at radius 3 is 1.61 bits per heavy atom. The maximum Gasteiger partial charge on any atom is 0.0771 e.